The lowest BCUT2D eigenvalue weighted by atomic mass is 9.79. The van der Waals surface area contributed by atoms with Gasteiger partial charge in [0.1, 0.15) is 11.8 Å². The maximum absolute atomic E-state index is 13.9. The van der Waals surface area contributed by atoms with E-state index in [0.29, 0.717) is 25.4 Å². The summed E-state index contributed by atoms with van der Waals surface area (Å²) in [6.07, 6.45) is 3.88. The molecule has 1 aromatic rings. The Balaban J connectivity index is 1.82. The third-order valence-electron chi connectivity index (χ3n) is 8.14. The minimum atomic E-state index is -0.447. The van der Waals surface area contributed by atoms with Gasteiger partial charge < -0.3 is 10.2 Å². The van der Waals surface area contributed by atoms with Crippen molar-refractivity contribution < 1.29 is 14.4 Å². The fourth-order valence-electron chi connectivity index (χ4n) is 5.88. The van der Waals surface area contributed by atoms with Gasteiger partial charge in [-0.3, -0.25) is 19.3 Å². The van der Waals surface area contributed by atoms with Crippen molar-refractivity contribution in [2.45, 2.75) is 84.7 Å². The molecule has 0 radical (unpaired) electrons. The van der Waals surface area contributed by atoms with Gasteiger partial charge in [0, 0.05) is 44.9 Å². The number of hydrogen-bond acceptors (Lipinski definition) is 5. The first-order chi connectivity index (χ1) is 17.1. The second-order valence-electron chi connectivity index (χ2n) is 11.7. The summed E-state index contributed by atoms with van der Waals surface area (Å²) in [5.74, 6) is 0.515. The molecule has 0 aromatic heterocycles. The van der Waals surface area contributed by atoms with Gasteiger partial charge in [0.05, 0.1) is 6.04 Å². The van der Waals surface area contributed by atoms with Crippen LogP contribution >= 0.6 is 0 Å². The minimum Gasteiger partial charge on any atom is -0.330 e. The van der Waals surface area contributed by atoms with Crippen LogP contribution in [0.3, 0.4) is 0 Å². The minimum absolute atomic E-state index is 0.0279. The molecule has 200 valence electrons. The molecule has 0 unspecified atom stereocenters. The zero-order chi connectivity index (χ0) is 26.4. The summed E-state index contributed by atoms with van der Waals surface area (Å²) in [6.45, 7) is 13.0. The molecular weight excluding hydrogens is 450 g/mol. The molecule has 1 N–H and O–H groups in total. The number of rotatable bonds is 11. The van der Waals surface area contributed by atoms with Crippen LogP contribution in [-0.2, 0) is 20.8 Å². The fraction of sp³-hybridized carbons (Fsp3) is 0.700. The van der Waals surface area contributed by atoms with Crippen molar-refractivity contribution in [3.05, 3.63) is 35.4 Å². The summed E-state index contributed by atoms with van der Waals surface area (Å²) in [7, 11) is 1.76. The lowest BCUT2D eigenvalue weighted by molar-refractivity contribution is -0.149. The second kappa shape index (κ2) is 13.0. The number of Topliss-reactive ketones (excluding diaryl/α,β-unsaturated/α-hetero) is 2. The first-order valence-corrected chi connectivity index (χ1v) is 14.0. The number of hydrogen-bond donors (Lipinski definition) is 1. The average Bonchev–Trinajstić information content (AvgIpc) is 2.85. The van der Waals surface area contributed by atoms with Gasteiger partial charge in [0.25, 0.3) is 0 Å². The molecule has 3 rings (SSSR count). The highest BCUT2D eigenvalue weighted by Gasteiger charge is 2.40. The van der Waals surface area contributed by atoms with Crippen LogP contribution in [0.5, 0.6) is 0 Å². The maximum atomic E-state index is 13.9. The standard InChI is InChI=1S/C30H47N3O3/c1-20(2)18-32-14-15-33(30(36)26(21(3)4)17-28(34)22(5)31-6)27(19-32)29(35)16-24-12-9-11-23-10-7-8-13-25(23)24/h7-8,10,13,20-22,24,26-27,31H,9,11-12,14-19H2,1-6H3/t22-,24-,26-,27-/m0/s1. The van der Waals surface area contributed by atoms with E-state index in [0.717, 1.165) is 32.4 Å². The monoisotopic (exact) mass is 497 g/mol. The molecule has 1 aliphatic carbocycles. The molecule has 2 aliphatic rings. The number of likely N-dealkylation sites (N-methyl/N-ethyl adjacent to an activating group) is 1. The van der Waals surface area contributed by atoms with Gasteiger partial charge in [-0.05, 0) is 62.1 Å². The summed E-state index contributed by atoms with van der Waals surface area (Å²) in [5, 5.41) is 3.00. The summed E-state index contributed by atoms with van der Waals surface area (Å²) in [4.78, 5) is 44.7. The molecule has 36 heavy (non-hydrogen) atoms. The predicted octanol–water partition coefficient (Wildman–Crippen LogP) is 4.07. The van der Waals surface area contributed by atoms with Crippen LogP contribution in [0.4, 0.5) is 0 Å². The first-order valence-electron chi connectivity index (χ1n) is 14.0. The van der Waals surface area contributed by atoms with Crippen molar-refractivity contribution in [2.75, 3.05) is 33.2 Å². The zero-order valence-electron chi connectivity index (χ0n) is 23.3. The molecule has 0 bridgehead atoms. The van der Waals surface area contributed by atoms with Crippen molar-refractivity contribution in [3.63, 3.8) is 0 Å². The number of carbonyl (C=O) groups excluding carboxylic acids is 3. The third kappa shape index (κ3) is 7.04. The molecule has 1 fully saturated rings. The van der Waals surface area contributed by atoms with Gasteiger partial charge in [0.2, 0.25) is 5.91 Å². The Labute approximate surface area is 218 Å². The Kier molecular flexibility index (Phi) is 10.3. The molecule has 1 saturated heterocycles. The van der Waals surface area contributed by atoms with Crippen molar-refractivity contribution in [2.24, 2.45) is 17.8 Å². The van der Waals surface area contributed by atoms with Gasteiger partial charge in [-0.15, -0.1) is 0 Å². The van der Waals surface area contributed by atoms with E-state index < -0.39 is 12.0 Å². The van der Waals surface area contributed by atoms with E-state index in [1.165, 1.54) is 11.1 Å². The molecule has 1 aromatic carbocycles. The van der Waals surface area contributed by atoms with E-state index in [4.69, 9.17) is 0 Å². The van der Waals surface area contributed by atoms with Gasteiger partial charge in [-0.2, -0.15) is 0 Å². The van der Waals surface area contributed by atoms with Crippen molar-refractivity contribution in [3.8, 4) is 0 Å². The molecule has 0 spiro atoms. The highest BCUT2D eigenvalue weighted by atomic mass is 16.2. The number of amides is 1. The Bertz CT molecular complexity index is 912. The van der Waals surface area contributed by atoms with Crippen molar-refractivity contribution >= 4 is 17.5 Å². The van der Waals surface area contributed by atoms with Crippen LogP contribution in [0.2, 0.25) is 0 Å². The lowest BCUT2D eigenvalue weighted by Gasteiger charge is -2.43. The number of fused-ring (bicyclic) bond motifs is 1. The molecule has 1 heterocycles. The number of nitrogens with one attached hydrogen (secondary N) is 1. The van der Waals surface area contributed by atoms with Crippen LogP contribution in [0.25, 0.3) is 0 Å². The molecule has 1 aliphatic heterocycles. The highest BCUT2D eigenvalue weighted by molar-refractivity contribution is 5.93. The number of carbonyl (C=O) groups is 3. The van der Waals surface area contributed by atoms with E-state index in [1.54, 1.807) is 7.05 Å². The Morgan fingerprint density at radius 1 is 1.06 bits per heavy atom. The normalized spacial score (nSPS) is 22.4. The number of aryl methyl sites for hydroxylation is 1. The number of benzene rings is 1. The first kappa shape index (κ1) is 28.5. The van der Waals surface area contributed by atoms with Crippen LogP contribution in [0.15, 0.2) is 24.3 Å². The molecular formula is C30H47N3O3. The summed E-state index contributed by atoms with van der Waals surface area (Å²) in [5.41, 5.74) is 2.66. The number of ketones is 2. The molecule has 1 amide bonds. The van der Waals surface area contributed by atoms with E-state index in [1.807, 2.05) is 25.7 Å². The van der Waals surface area contributed by atoms with Gasteiger partial charge >= 0.3 is 0 Å². The molecule has 6 nitrogen and oxygen atoms in total. The SMILES string of the molecule is CN[C@@H](C)C(=O)C[C@H](C(=O)N1CCN(CC(C)C)C[C@H]1C(=O)C[C@@H]1CCCc2ccccc21)C(C)C. The van der Waals surface area contributed by atoms with Gasteiger partial charge in [-0.25, -0.2) is 0 Å². The summed E-state index contributed by atoms with van der Waals surface area (Å²) in [6, 6.07) is 7.77. The molecule has 4 atom stereocenters. The van der Waals surface area contributed by atoms with Crippen LogP contribution in [0.1, 0.15) is 77.3 Å². The summed E-state index contributed by atoms with van der Waals surface area (Å²) >= 11 is 0. The topological polar surface area (TPSA) is 69.7 Å². The van der Waals surface area contributed by atoms with E-state index in [-0.39, 0.29) is 41.8 Å². The van der Waals surface area contributed by atoms with Gasteiger partial charge in [0.15, 0.2) is 5.78 Å². The van der Waals surface area contributed by atoms with Crippen LogP contribution in [-0.4, -0.2) is 72.6 Å². The predicted molar refractivity (Wildman–Crippen MR) is 145 cm³/mol. The van der Waals surface area contributed by atoms with E-state index in [9.17, 15) is 14.4 Å². The Hall–Kier alpha value is -2.05. The average molecular weight is 498 g/mol. The summed E-state index contributed by atoms with van der Waals surface area (Å²) < 4.78 is 0. The van der Waals surface area contributed by atoms with Crippen LogP contribution < -0.4 is 5.32 Å². The van der Waals surface area contributed by atoms with Crippen molar-refractivity contribution in [1.82, 2.24) is 15.1 Å². The lowest BCUT2D eigenvalue weighted by Crippen LogP contribution is -2.60. The molecule has 6 heteroatoms. The Morgan fingerprint density at radius 3 is 2.44 bits per heavy atom. The third-order valence-corrected chi connectivity index (χ3v) is 8.14. The second-order valence-corrected chi connectivity index (χ2v) is 11.7. The smallest absolute Gasteiger partial charge is 0.227 e. The van der Waals surface area contributed by atoms with E-state index in [2.05, 4.69) is 48.3 Å². The zero-order valence-corrected chi connectivity index (χ0v) is 23.3. The van der Waals surface area contributed by atoms with Crippen LogP contribution in [0, 0.1) is 17.8 Å². The maximum Gasteiger partial charge on any atom is 0.227 e. The van der Waals surface area contributed by atoms with E-state index >= 15 is 0 Å². The number of nitrogens with zero attached hydrogens (tertiary/aromatic N) is 2. The Morgan fingerprint density at radius 2 is 1.78 bits per heavy atom. The quantitative estimate of drug-likeness (QED) is 0.499. The highest BCUT2D eigenvalue weighted by Crippen LogP contribution is 2.35. The fourth-order valence-corrected chi connectivity index (χ4v) is 5.88. The van der Waals surface area contributed by atoms with Crippen molar-refractivity contribution in [1.29, 1.82) is 0 Å². The molecule has 0 saturated carbocycles. The van der Waals surface area contributed by atoms with Gasteiger partial charge in [-0.1, -0.05) is 52.0 Å². The number of piperazine rings is 1. The largest absolute Gasteiger partial charge is 0.330 e.